The largest absolute Gasteiger partial charge is 0.508 e. The van der Waals surface area contributed by atoms with Crippen LogP contribution < -0.4 is 5.32 Å². The van der Waals surface area contributed by atoms with Gasteiger partial charge in [-0.3, -0.25) is 15.1 Å². The summed E-state index contributed by atoms with van der Waals surface area (Å²) in [6.07, 6.45) is 3.46. The number of aryl methyl sites for hydroxylation is 1. The number of nitrogens with one attached hydrogen (secondary N) is 1. The predicted octanol–water partition coefficient (Wildman–Crippen LogP) is 1.74. The summed E-state index contributed by atoms with van der Waals surface area (Å²) in [6.45, 7) is 2.08. The Labute approximate surface area is 116 Å². The molecule has 5 nitrogen and oxygen atoms in total. The number of rotatable bonds is 5. The Morgan fingerprint density at radius 2 is 2.00 bits per heavy atom. The lowest BCUT2D eigenvalue weighted by atomic mass is 10.1. The molecule has 0 aliphatic carbocycles. The summed E-state index contributed by atoms with van der Waals surface area (Å²) < 4.78 is 0. The second kappa shape index (κ2) is 6.16. The van der Waals surface area contributed by atoms with Gasteiger partial charge in [-0.15, -0.1) is 0 Å². The van der Waals surface area contributed by atoms with Gasteiger partial charge in [0.05, 0.1) is 6.04 Å². The molecule has 1 unspecified atom stereocenters. The third-order valence-electron chi connectivity index (χ3n) is 2.94. The molecule has 1 radical (unpaired) electrons. The number of carbonyl (C=O) groups excluding carboxylic acids is 1. The molecule has 5 heteroatoms. The van der Waals surface area contributed by atoms with E-state index in [0.29, 0.717) is 17.7 Å². The van der Waals surface area contributed by atoms with Crippen molar-refractivity contribution >= 4 is 6.29 Å². The minimum Gasteiger partial charge on any atom is -0.508 e. The molecule has 0 saturated heterocycles. The van der Waals surface area contributed by atoms with Gasteiger partial charge >= 0.3 is 0 Å². The van der Waals surface area contributed by atoms with Crippen molar-refractivity contribution in [2.75, 3.05) is 0 Å². The van der Waals surface area contributed by atoms with Crippen LogP contribution in [-0.4, -0.2) is 21.5 Å². The van der Waals surface area contributed by atoms with E-state index in [9.17, 15) is 15.0 Å². The number of nitrogens with zero attached hydrogens (tertiary/aromatic N) is 1. The molecule has 0 amide bonds. The number of phenols is 1. The van der Waals surface area contributed by atoms with Crippen molar-refractivity contribution in [2.45, 2.75) is 19.5 Å². The highest BCUT2D eigenvalue weighted by atomic mass is 16.3. The maximum absolute atomic E-state index is 11.0. The van der Waals surface area contributed by atoms with E-state index in [-0.39, 0.29) is 11.5 Å². The topological polar surface area (TPSA) is 82.5 Å². The van der Waals surface area contributed by atoms with Gasteiger partial charge < -0.3 is 10.2 Å². The van der Waals surface area contributed by atoms with Gasteiger partial charge in [0.25, 0.3) is 0 Å². The van der Waals surface area contributed by atoms with Crippen LogP contribution in [0.25, 0.3) is 0 Å². The first-order valence-electron chi connectivity index (χ1n) is 6.14. The Morgan fingerprint density at radius 1 is 1.30 bits per heavy atom. The van der Waals surface area contributed by atoms with Crippen LogP contribution in [0.3, 0.4) is 0 Å². The fourth-order valence-electron chi connectivity index (χ4n) is 1.82. The number of aromatic nitrogens is 1. The second-order valence-corrected chi connectivity index (χ2v) is 4.48. The van der Waals surface area contributed by atoms with Crippen LogP contribution in [0.15, 0.2) is 36.5 Å². The Hall–Kier alpha value is -2.40. The van der Waals surface area contributed by atoms with Crippen LogP contribution >= 0.6 is 0 Å². The van der Waals surface area contributed by atoms with E-state index < -0.39 is 6.04 Å². The quantitative estimate of drug-likeness (QED) is 0.771. The van der Waals surface area contributed by atoms with Crippen molar-refractivity contribution in [3.05, 3.63) is 53.3 Å². The molecule has 1 heterocycles. The molecule has 3 N–H and O–H groups in total. The number of aromatic hydroxyl groups is 2. The van der Waals surface area contributed by atoms with E-state index >= 15 is 0 Å². The Morgan fingerprint density at radius 3 is 2.60 bits per heavy atom. The van der Waals surface area contributed by atoms with Crippen molar-refractivity contribution in [3.63, 3.8) is 0 Å². The van der Waals surface area contributed by atoms with Crippen molar-refractivity contribution in [2.24, 2.45) is 0 Å². The summed E-state index contributed by atoms with van der Waals surface area (Å²) in [5, 5.41) is 22.0. The van der Waals surface area contributed by atoms with E-state index in [2.05, 4.69) is 10.3 Å². The minimum atomic E-state index is -0.628. The maximum Gasteiger partial charge on any atom is 0.221 e. The fraction of sp³-hybridized carbons (Fsp3) is 0.200. The molecule has 0 spiro atoms. The van der Waals surface area contributed by atoms with Crippen LogP contribution in [-0.2, 0) is 11.3 Å². The first-order chi connectivity index (χ1) is 9.60. The zero-order valence-corrected chi connectivity index (χ0v) is 11.0. The molecule has 0 bridgehead atoms. The standard InChI is InChI=1S/C15H15N2O3/c1-10-6-15(20)12(7-16-10)8-17-14(9-18)11-2-4-13(19)5-3-11/h2-7,14,17,19H,8H2,1H3,(H,16,20). The van der Waals surface area contributed by atoms with Gasteiger partial charge in [-0.1, -0.05) is 12.1 Å². The summed E-state index contributed by atoms with van der Waals surface area (Å²) in [7, 11) is 0. The Balaban J connectivity index is 2.07. The van der Waals surface area contributed by atoms with Crippen molar-refractivity contribution in [3.8, 4) is 11.5 Å². The third-order valence-corrected chi connectivity index (χ3v) is 2.94. The summed E-state index contributed by atoms with van der Waals surface area (Å²) in [5.41, 5.74) is 2.02. The smallest absolute Gasteiger partial charge is 0.221 e. The highest BCUT2D eigenvalue weighted by Gasteiger charge is 2.12. The van der Waals surface area contributed by atoms with Gasteiger partial charge in [-0.2, -0.15) is 0 Å². The third kappa shape index (κ3) is 3.33. The molecule has 20 heavy (non-hydrogen) atoms. The molecule has 0 aliphatic heterocycles. The van der Waals surface area contributed by atoms with Gasteiger partial charge in [-0.25, -0.2) is 0 Å². The summed E-state index contributed by atoms with van der Waals surface area (Å²) in [6, 6.07) is 7.24. The zero-order valence-electron chi connectivity index (χ0n) is 11.0. The van der Waals surface area contributed by atoms with Crippen LogP contribution in [0, 0.1) is 6.92 Å². The Kier molecular flexibility index (Phi) is 4.32. The van der Waals surface area contributed by atoms with Gasteiger partial charge in [0.1, 0.15) is 11.5 Å². The average Bonchev–Trinajstić information content (AvgIpc) is 2.43. The average molecular weight is 271 g/mol. The maximum atomic E-state index is 11.0. The van der Waals surface area contributed by atoms with Gasteiger partial charge in [0, 0.05) is 30.1 Å². The normalized spacial score (nSPS) is 12.1. The van der Waals surface area contributed by atoms with Crippen LogP contribution in [0.5, 0.6) is 11.5 Å². The van der Waals surface area contributed by atoms with Crippen molar-refractivity contribution in [1.29, 1.82) is 0 Å². The minimum absolute atomic E-state index is 0.138. The molecule has 0 aliphatic rings. The molecule has 2 aromatic rings. The lowest BCUT2D eigenvalue weighted by Crippen LogP contribution is -2.22. The van der Waals surface area contributed by atoms with Gasteiger partial charge in [0.15, 0.2) is 0 Å². The lowest BCUT2D eigenvalue weighted by molar-refractivity contribution is 0.459. The number of pyridine rings is 1. The molecule has 1 aromatic carbocycles. The molecule has 0 saturated carbocycles. The molecule has 2 rings (SSSR count). The number of hydrogen-bond donors (Lipinski definition) is 3. The molecule has 0 fully saturated rings. The second-order valence-electron chi connectivity index (χ2n) is 4.48. The van der Waals surface area contributed by atoms with E-state index in [1.54, 1.807) is 31.3 Å². The van der Waals surface area contributed by atoms with E-state index in [1.807, 2.05) is 6.29 Å². The highest BCUT2D eigenvalue weighted by molar-refractivity contribution is 5.62. The zero-order chi connectivity index (χ0) is 14.5. The SMILES string of the molecule is Cc1cc(O)c(CNC([C]=O)c2ccc(O)cc2)cn1. The first-order valence-corrected chi connectivity index (χ1v) is 6.14. The van der Waals surface area contributed by atoms with E-state index in [0.717, 1.165) is 5.69 Å². The van der Waals surface area contributed by atoms with E-state index in [4.69, 9.17) is 0 Å². The van der Waals surface area contributed by atoms with Crippen molar-refractivity contribution < 1.29 is 15.0 Å². The van der Waals surface area contributed by atoms with Gasteiger partial charge in [-0.05, 0) is 24.6 Å². The summed E-state index contributed by atoms with van der Waals surface area (Å²) >= 11 is 0. The predicted molar refractivity (Wildman–Crippen MR) is 74.0 cm³/mol. The van der Waals surface area contributed by atoms with Gasteiger partial charge in [0.2, 0.25) is 6.29 Å². The molecule has 1 aromatic heterocycles. The Bertz CT molecular complexity index is 597. The molecular weight excluding hydrogens is 256 g/mol. The summed E-state index contributed by atoms with van der Waals surface area (Å²) in [4.78, 5) is 15.1. The molecular formula is C15H15N2O3. The van der Waals surface area contributed by atoms with Crippen molar-refractivity contribution in [1.82, 2.24) is 10.3 Å². The first kappa shape index (κ1) is 14.0. The molecule has 103 valence electrons. The van der Waals surface area contributed by atoms with E-state index in [1.165, 1.54) is 12.1 Å². The molecule has 1 atom stereocenters. The van der Waals surface area contributed by atoms with Crippen LogP contribution in [0.2, 0.25) is 0 Å². The summed E-state index contributed by atoms with van der Waals surface area (Å²) in [5.74, 6) is 0.277. The van der Waals surface area contributed by atoms with Crippen LogP contribution in [0.4, 0.5) is 0 Å². The monoisotopic (exact) mass is 271 g/mol. The fourth-order valence-corrected chi connectivity index (χ4v) is 1.82. The number of benzene rings is 1. The number of phenolic OH excluding ortho intramolecular Hbond substituents is 1. The lowest BCUT2D eigenvalue weighted by Gasteiger charge is -2.13. The van der Waals surface area contributed by atoms with Crippen LogP contribution in [0.1, 0.15) is 22.9 Å². The highest BCUT2D eigenvalue weighted by Crippen LogP contribution is 2.19. The number of hydrogen-bond acceptors (Lipinski definition) is 5.